The van der Waals surface area contributed by atoms with Crippen LogP contribution in [-0.4, -0.2) is 23.0 Å². The molecule has 3 rings (SSSR count). The minimum atomic E-state index is -0.956. The fourth-order valence-electron chi connectivity index (χ4n) is 4.16. The van der Waals surface area contributed by atoms with Gasteiger partial charge >= 0.3 is 5.97 Å². The van der Waals surface area contributed by atoms with Gasteiger partial charge in [0.05, 0.1) is 6.10 Å². The van der Waals surface area contributed by atoms with Crippen molar-refractivity contribution in [3.05, 3.63) is 58.7 Å². The highest BCUT2D eigenvalue weighted by Gasteiger charge is 2.28. The molecule has 0 amide bonds. The first-order valence-corrected chi connectivity index (χ1v) is 11.2. The number of nitrogen functional groups attached to an aromatic ring is 1. The smallest absolute Gasteiger partial charge is 0.330 e. The lowest BCUT2D eigenvalue weighted by Gasteiger charge is -2.25. The number of anilines is 1. The van der Waals surface area contributed by atoms with Crippen LogP contribution in [0, 0.1) is 5.41 Å². The number of amidine groups is 1. The Morgan fingerprint density at radius 3 is 2.45 bits per heavy atom. The summed E-state index contributed by atoms with van der Waals surface area (Å²) in [5.74, 6) is -0.248. The summed E-state index contributed by atoms with van der Waals surface area (Å²) in [5, 5.41) is 20.8. The second-order valence-electron chi connectivity index (χ2n) is 8.21. The number of nitrogens with one attached hydrogen (secondary N) is 2. The van der Waals surface area contributed by atoms with Gasteiger partial charge in [0.25, 0.3) is 0 Å². The normalized spacial score (nSPS) is 14.9. The van der Waals surface area contributed by atoms with E-state index < -0.39 is 12.0 Å². The Morgan fingerprint density at radius 1 is 1.23 bits per heavy atom. The van der Waals surface area contributed by atoms with Crippen molar-refractivity contribution in [2.24, 2.45) is 5.73 Å². The van der Waals surface area contributed by atoms with Gasteiger partial charge in [-0.15, -0.1) is 0 Å². The fourth-order valence-corrected chi connectivity index (χ4v) is 4.16. The quantitative estimate of drug-likeness (QED) is 0.316. The Balaban J connectivity index is 2.02. The van der Waals surface area contributed by atoms with Gasteiger partial charge in [0.2, 0.25) is 0 Å². The lowest BCUT2D eigenvalue weighted by molar-refractivity contribution is -0.138. The van der Waals surface area contributed by atoms with Gasteiger partial charge in [-0.25, -0.2) is 4.79 Å². The summed E-state index contributed by atoms with van der Waals surface area (Å²) < 4.78 is 6.46. The average Bonchev–Trinajstić information content (AvgIpc) is 3.26. The van der Waals surface area contributed by atoms with Gasteiger partial charge in [-0.3, -0.25) is 5.41 Å². The highest BCUT2D eigenvalue weighted by atomic mass is 16.5. The second-order valence-corrected chi connectivity index (χ2v) is 8.21. The van der Waals surface area contributed by atoms with Gasteiger partial charge < -0.3 is 20.9 Å². The lowest BCUT2D eigenvalue weighted by atomic mass is 9.95. The zero-order chi connectivity index (χ0) is 22.4. The average molecular weight is 424 g/mol. The summed E-state index contributed by atoms with van der Waals surface area (Å²) in [6.07, 6.45) is 7.11. The molecule has 166 valence electrons. The van der Waals surface area contributed by atoms with Crippen molar-refractivity contribution in [1.29, 1.82) is 5.41 Å². The maximum absolute atomic E-state index is 12.4. The van der Waals surface area contributed by atoms with E-state index in [0.29, 0.717) is 16.8 Å². The highest BCUT2D eigenvalue weighted by Crippen LogP contribution is 2.37. The summed E-state index contributed by atoms with van der Waals surface area (Å²) in [6.45, 7) is 4.21. The largest absolute Gasteiger partial charge is 0.490 e. The molecule has 2 aromatic carbocycles. The van der Waals surface area contributed by atoms with Gasteiger partial charge in [0.15, 0.2) is 6.04 Å². The molecule has 1 unspecified atom stereocenters. The van der Waals surface area contributed by atoms with Crippen molar-refractivity contribution in [2.75, 3.05) is 5.32 Å². The van der Waals surface area contributed by atoms with Crippen molar-refractivity contribution < 1.29 is 14.6 Å². The van der Waals surface area contributed by atoms with Crippen LogP contribution in [0.5, 0.6) is 5.75 Å². The number of benzene rings is 2. The number of hydrogen-bond donors (Lipinski definition) is 4. The number of carbonyl (C=O) groups is 1. The van der Waals surface area contributed by atoms with Crippen molar-refractivity contribution in [3.63, 3.8) is 0 Å². The van der Waals surface area contributed by atoms with Crippen LogP contribution >= 0.6 is 0 Å². The SMILES string of the molecule is CCCc1cc(CC)cc(C(Nc2ccc(C(=N)N)cc2)C(=O)O)c1OC1CCCC1. The first-order chi connectivity index (χ1) is 14.9. The van der Waals surface area contributed by atoms with E-state index >= 15 is 0 Å². The maximum Gasteiger partial charge on any atom is 0.330 e. The monoisotopic (exact) mass is 423 g/mol. The standard InChI is InChI=1S/C25H33N3O3/c1-3-7-18-14-16(4-2)15-21(23(18)31-20-8-5-6-9-20)22(25(29)30)28-19-12-10-17(11-13-19)24(26)27/h10-15,20,22,28H,3-9H2,1-2H3,(H3,26,27)(H,29,30). The van der Waals surface area contributed by atoms with Crippen LogP contribution in [-0.2, 0) is 17.6 Å². The molecule has 1 saturated carbocycles. The van der Waals surface area contributed by atoms with E-state index in [0.717, 1.165) is 61.8 Å². The number of ether oxygens (including phenoxy) is 1. The Labute approximate surface area is 184 Å². The molecular formula is C25H33N3O3. The first-order valence-electron chi connectivity index (χ1n) is 11.2. The molecule has 0 bridgehead atoms. The molecule has 1 fully saturated rings. The summed E-state index contributed by atoms with van der Waals surface area (Å²) >= 11 is 0. The maximum atomic E-state index is 12.4. The molecule has 6 heteroatoms. The van der Waals surface area contributed by atoms with Crippen LogP contribution in [0.25, 0.3) is 0 Å². The number of nitrogens with two attached hydrogens (primary N) is 1. The molecule has 1 aliphatic carbocycles. The Morgan fingerprint density at radius 2 is 1.90 bits per heavy atom. The molecule has 0 spiro atoms. The van der Waals surface area contributed by atoms with Crippen molar-refractivity contribution in [3.8, 4) is 5.75 Å². The second kappa shape index (κ2) is 10.3. The van der Waals surface area contributed by atoms with Gasteiger partial charge in [0, 0.05) is 16.8 Å². The third kappa shape index (κ3) is 5.57. The third-order valence-electron chi connectivity index (χ3n) is 5.83. The van der Waals surface area contributed by atoms with Crippen LogP contribution in [0.3, 0.4) is 0 Å². The third-order valence-corrected chi connectivity index (χ3v) is 5.83. The summed E-state index contributed by atoms with van der Waals surface area (Å²) in [4.78, 5) is 12.4. The zero-order valence-corrected chi connectivity index (χ0v) is 18.4. The van der Waals surface area contributed by atoms with Gasteiger partial charge in [-0.2, -0.15) is 0 Å². The van der Waals surface area contributed by atoms with Gasteiger partial charge in [-0.05, 0) is 80.0 Å². The van der Waals surface area contributed by atoms with E-state index in [1.807, 2.05) is 6.07 Å². The molecule has 6 nitrogen and oxygen atoms in total. The minimum absolute atomic E-state index is 0.0200. The van der Waals surface area contributed by atoms with E-state index in [1.165, 1.54) is 0 Å². The molecule has 2 aromatic rings. The summed E-state index contributed by atoms with van der Waals surface area (Å²) in [6, 6.07) is 10.1. The first kappa shape index (κ1) is 22.7. The van der Waals surface area contributed by atoms with Crippen LogP contribution in [0.4, 0.5) is 5.69 Å². The molecule has 0 aliphatic heterocycles. The van der Waals surface area contributed by atoms with Crippen LogP contribution in [0.2, 0.25) is 0 Å². The molecule has 1 aliphatic rings. The number of hydrogen-bond acceptors (Lipinski definition) is 4. The zero-order valence-electron chi connectivity index (χ0n) is 18.4. The van der Waals surface area contributed by atoms with Crippen LogP contribution in [0.15, 0.2) is 36.4 Å². The molecule has 1 atom stereocenters. The Hall–Kier alpha value is -3.02. The molecular weight excluding hydrogens is 390 g/mol. The number of aryl methyl sites for hydroxylation is 2. The van der Waals surface area contributed by atoms with Gasteiger partial charge in [0.1, 0.15) is 11.6 Å². The van der Waals surface area contributed by atoms with E-state index in [1.54, 1.807) is 24.3 Å². The number of rotatable bonds is 10. The lowest BCUT2D eigenvalue weighted by Crippen LogP contribution is -2.24. The molecule has 0 heterocycles. The summed E-state index contributed by atoms with van der Waals surface area (Å²) in [5.41, 5.74) is 9.66. The van der Waals surface area contributed by atoms with Crippen molar-refractivity contribution >= 4 is 17.5 Å². The van der Waals surface area contributed by atoms with Crippen molar-refractivity contribution in [1.82, 2.24) is 0 Å². The molecule has 31 heavy (non-hydrogen) atoms. The van der Waals surface area contributed by atoms with Crippen LogP contribution < -0.4 is 15.8 Å². The Bertz CT molecular complexity index is 918. The highest BCUT2D eigenvalue weighted by molar-refractivity contribution is 5.95. The molecule has 5 N–H and O–H groups in total. The summed E-state index contributed by atoms with van der Waals surface area (Å²) in [7, 11) is 0. The van der Waals surface area contributed by atoms with E-state index in [2.05, 4.69) is 25.2 Å². The topological polar surface area (TPSA) is 108 Å². The van der Waals surface area contributed by atoms with Crippen molar-refractivity contribution in [2.45, 2.75) is 70.9 Å². The number of carboxylic acids is 1. The molecule has 0 radical (unpaired) electrons. The predicted molar refractivity (Wildman–Crippen MR) is 124 cm³/mol. The number of aliphatic carboxylic acids is 1. The molecule has 0 aromatic heterocycles. The Kier molecular flexibility index (Phi) is 7.55. The van der Waals surface area contributed by atoms with E-state index in [-0.39, 0.29) is 11.9 Å². The van der Waals surface area contributed by atoms with E-state index in [4.69, 9.17) is 15.9 Å². The fraction of sp³-hybridized carbons (Fsp3) is 0.440. The number of carboxylic acid groups (broad SMARTS) is 1. The van der Waals surface area contributed by atoms with Gasteiger partial charge in [-0.1, -0.05) is 26.3 Å². The molecule has 0 saturated heterocycles. The predicted octanol–water partition coefficient (Wildman–Crippen LogP) is 5.04. The van der Waals surface area contributed by atoms with E-state index in [9.17, 15) is 9.90 Å². The minimum Gasteiger partial charge on any atom is -0.490 e. The van der Waals surface area contributed by atoms with Crippen LogP contribution in [0.1, 0.15) is 74.2 Å².